The average molecular weight is 297 g/mol. The van der Waals surface area contributed by atoms with Crippen LogP contribution in [-0.2, 0) is 0 Å². The molecule has 0 spiro atoms. The summed E-state index contributed by atoms with van der Waals surface area (Å²) in [7, 11) is 0. The summed E-state index contributed by atoms with van der Waals surface area (Å²) >= 11 is 0. The van der Waals surface area contributed by atoms with Gasteiger partial charge in [-0.3, -0.25) is 0 Å². The predicted molar refractivity (Wildman–Crippen MR) is 84.3 cm³/mol. The Morgan fingerprint density at radius 1 is 1.14 bits per heavy atom. The van der Waals surface area contributed by atoms with E-state index >= 15 is 0 Å². The lowest BCUT2D eigenvalue weighted by Crippen LogP contribution is -2.44. The summed E-state index contributed by atoms with van der Waals surface area (Å²) in [5.41, 5.74) is 0. The Kier molecular flexibility index (Phi) is 6.77. The lowest BCUT2D eigenvalue weighted by Gasteiger charge is -2.30. The molecule has 0 bridgehead atoms. The molecule has 0 radical (unpaired) electrons. The number of carbonyl (C=O) groups is 1. The molecule has 0 atom stereocenters. The highest BCUT2D eigenvalue weighted by Gasteiger charge is 2.20. The van der Waals surface area contributed by atoms with Crippen LogP contribution in [0.2, 0.25) is 0 Å². The largest absolute Gasteiger partial charge is 0.393 e. The van der Waals surface area contributed by atoms with Crippen molar-refractivity contribution < 1.29 is 9.90 Å². The highest BCUT2D eigenvalue weighted by atomic mass is 16.3. The summed E-state index contributed by atoms with van der Waals surface area (Å²) in [5.74, 6) is 0.874. The first-order valence-corrected chi connectivity index (χ1v) is 8.58. The van der Waals surface area contributed by atoms with Crippen molar-refractivity contribution in [3.05, 3.63) is 0 Å². The summed E-state index contributed by atoms with van der Waals surface area (Å²) in [4.78, 5) is 14.3. The van der Waals surface area contributed by atoms with Crippen molar-refractivity contribution in [2.75, 3.05) is 26.2 Å². The summed E-state index contributed by atoms with van der Waals surface area (Å²) in [6.07, 6.45) is 6.85. The molecule has 2 rings (SSSR count). The van der Waals surface area contributed by atoms with Gasteiger partial charge in [0.1, 0.15) is 0 Å². The van der Waals surface area contributed by atoms with Crippen LogP contribution in [0.5, 0.6) is 0 Å². The van der Waals surface area contributed by atoms with E-state index in [-0.39, 0.29) is 18.2 Å². The topological polar surface area (TPSA) is 64.6 Å². The second-order valence-corrected chi connectivity index (χ2v) is 6.78. The zero-order valence-corrected chi connectivity index (χ0v) is 13.3. The summed E-state index contributed by atoms with van der Waals surface area (Å²) in [6, 6.07) is 0.181. The number of hydrogen-bond acceptors (Lipinski definition) is 3. The Morgan fingerprint density at radius 2 is 1.81 bits per heavy atom. The van der Waals surface area contributed by atoms with Gasteiger partial charge in [-0.25, -0.2) is 4.79 Å². The molecule has 1 aliphatic heterocycles. The van der Waals surface area contributed by atoms with E-state index in [0.717, 1.165) is 51.1 Å². The molecule has 2 fully saturated rings. The molecule has 5 nitrogen and oxygen atoms in total. The van der Waals surface area contributed by atoms with Gasteiger partial charge in [0.15, 0.2) is 0 Å². The monoisotopic (exact) mass is 297 g/mol. The first-order valence-electron chi connectivity index (χ1n) is 8.58. The Bertz CT molecular complexity index is 309. The fraction of sp³-hybridized carbons (Fsp3) is 0.938. The fourth-order valence-corrected chi connectivity index (χ4v) is 3.25. The molecule has 5 heteroatoms. The van der Waals surface area contributed by atoms with E-state index < -0.39 is 0 Å². The third-order valence-corrected chi connectivity index (χ3v) is 4.84. The van der Waals surface area contributed by atoms with Crippen molar-refractivity contribution in [1.29, 1.82) is 0 Å². The quantitative estimate of drug-likeness (QED) is 0.677. The van der Waals surface area contributed by atoms with Crippen LogP contribution in [0, 0.1) is 5.92 Å². The van der Waals surface area contributed by atoms with Crippen LogP contribution in [-0.4, -0.2) is 54.4 Å². The number of nitrogens with one attached hydrogen (secondary N) is 2. The minimum Gasteiger partial charge on any atom is -0.393 e. The number of likely N-dealkylation sites (tertiary alicyclic amines) is 1. The molecule has 0 aromatic carbocycles. The smallest absolute Gasteiger partial charge is 0.315 e. The molecule has 2 aliphatic rings. The van der Waals surface area contributed by atoms with Crippen LogP contribution in [0.4, 0.5) is 4.79 Å². The van der Waals surface area contributed by atoms with Gasteiger partial charge in [0.05, 0.1) is 6.10 Å². The second-order valence-electron chi connectivity index (χ2n) is 6.78. The van der Waals surface area contributed by atoms with E-state index in [4.69, 9.17) is 0 Å². The van der Waals surface area contributed by atoms with Crippen LogP contribution in [0.1, 0.15) is 51.9 Å². The molecule has 1 aliphatic carbocycles. The van der Waals surface area contributed by atoms with Crippen LogP contribution < -0.4 is 10.6 Å². The number of rotatable bonds is 5. The van der Waals surface area contributed by atoms with Gasteiger partial charge in [-0.15, -0.1) is 0 Å². The third kappa shape index (κ3) is 6.22. The molecular formula is C16H31N3O2. The molecule has 1 saturated carbocycles. The molecule has 0 unspecified atom stereocenters. The van der Waals surface area contributed by atoms with E-state index in [1.165, 1.54) is 25.9 Å². The van der Waals surface area contributed by atoms with Gasteiger partial charge < -0.3 is 20.6 Å². The number of nitrogens with zero attached hydrogens (tertiary/aromatic N) is 1. The lowest BCUT2D eigenvalue weighted by molar-refractivity contribution is 0.117. The van der Waals surface area contributed by atoms with Crippen LogP contribution >= 0.6 is 0 Å². The van der Waals surface area contributed by atoms with Crippen molar-refractivity contribution in [3.8, 4) is 0 Å². The minimum atomic E-state index is -0.168. The van der Waals surface area contributed by atoms with Gasteiger partial charge in [-0.2, -0.15) is 0 Å². The predicted octanol–water partition coefficient (Wildman–Crippen LogP) is 1.71. The maximum atomic E-state index is 11.8. The SMILES string of the molecule is CC1CCN(CCCNC(=O)NC2CCC(O)CC2)CC1. The zero-order valence-electron chi connectivity index (χ0n) is 13.3. The van der Waals surface area contributed by atoms with E-state index in [9.17, 15) is 9.90 Å². The fourth-order valence-electron chi connectivity index (χ4n) is 3.25. The molecule has 1 saturated heterocycles. The highest BCUT2D eigenvalue weighted by molar-refractivity contribution is 5.74. The number of hydrogen-bond donors (Lipinski definition) is 3. The normalized spacial score (nSPS) is 28.3. The first-order chi connectivity index (χ1) is 10.1. The summed E-state index contributed by atoms with van der Waals surface area (Å²) in [5, 5.41) is 15.4. The Morgan fingerprint density at radius 3 is 2.48 bits per heavy atom. The van der Waals surface area contributed by atoms with Gasteiger partial charge in [-0.05, 0) is 70.5 Å². The number of carbonyl (C=O) groups excluding carboxylic acids is 1. The number of urea groups is 1. The van der Waals surface area contributed by atoms with Gasteiger partial charge in [0.25, 0.3) is 0 Å². The zero-order chi connectivity index (χ0) is 15.1. The van der Waals surface area contributed by atoms with Gasteiger partial charge in [0, 0.05) is 12.6 Å². The molecule has 2 amide bonds. The van der Waals surface area contributed by atoms with Crippen molar-refractivity contribution in [2.24, 2.45) is 5.92 Å². The van der Waals surface area contributed by atoms with Gasteiger partial charge in [-0.1, -0.05) is 6.92 Å². The minimum absolute atomic E-state index is 0.0522. The van der Waals surface area contributed by atoms with E-state index in [1.807, 2.05) is 0 Å². The maximum absolute atomic E-state index is 11.8. The summed E-state index contributed by atoms with van der Waals surface area (Å²) in [6.45, 7) is 6.57. The van der Waals surface area contributed by atoms with E-state index in [2.05, 4.69) is 22.5 Å². The third-order valence-electron chi connectivity index (χ3n) is 4.84. The molecular weight excluding hydrogens is 266 g/mol. The van der Waals surface area contributed by atoms with Gasteiger partial charge in [0.2, 0.25) is 0 Å². The van der Waals surface area contributed by atoms with Crippen molar-refractivity contribution in [2.45, 2.75) is 64.0 Å². The van der Waals surface area contributed by atoms with E-state index in [1.54, 1.807) is 0 Å². The van der Waals surface area contributed by atoms with Crippen LogP contribution in [0.3, 0.4) is 0 Å². The molecule has 0 aromatic heterocycles. The van der Waals surface area contributed by atoms with Crippen LogP contribution in [0.15, 0.2) is 0 Å². The lowest BCUT2D eigenvalue weighted by atomic mass is 9.93. The second kappa shape index (κ2) is 8.59. The van der Waals surface area contributed by atoms with Crippen molar-refractivity contribution >= 4 is 6.03 Å². The first kappa shape index (κ1) is 16.6. The highest BCUT2D eigenvalue weighted by Crippen LogP contribution is 2.18. The maximum Gasteiger partial charge on any atom is 0.315 e. The number of piperidine rings is 1. The summed E-state index contributed by atoms with van der Waals surface area (Å²) < 4.78 is 0. The van der Waals surface area contributed by atoms with Crippen molar-refractivity contribution in [1.82, 2.24) is 15.5 Å². The number of amides is 2. The molecule has 0 aromatic rings. The average Bonchev–Trinajstić information content (AvgIpc) is 2.48. The molecule has 3 N–H and O–H groups in total. The Balaban J connectivity index is 1.49. The standard InChI is InChI=1S/C16H31N3O2/c1-13-7-11-19(12-8-13)10-2-9-17-16(21)18-14-3-5-15(20)6-4-14/h13-15,20H,2-12H2,1H3,(H2,17,18,21). The van der Waals surface area contributed by atoms with Crippen molar-refractivity contribution in [3.63, 3.8) is 0 Å². The Labute approximate surface area is 128 Å². The Hall–Kier alpha value is -0.810. The molecule has 122 valence electrons. The number of aliphatic hydroxyl groups is 1. The van der Waals surface area contributed by atoms with E-state index in [0.29, 0.717) is 0 Å². The molecule has 21 heavy (non-hydrogen) atoms. The van der Waals surface area contributed by atoms with Gasteiger partial charge >= 0.3 is 6.03 Å². The van der Waals surface area contributed by atoms with Crippen LogP contribution in [0.25, 0.3) is 0 Å². The molecule has 1 heterocycles. The number of aliphatic hydroxyl groups excluding tert-OH is 1.